The molecule has 5 heteroatoms. The van der Waals surface area contributed by atoms with Gasteiger partial charge in [-0.1, -0.05) is 30.3 Å². The lowest BCUT2D eigenvalue weighted by Gasteiger charge is -2.34. The summed E-state index contributed by atoms with van der Waals surface area (Å²) in [5, 5.41) is 7.48. The third-order valence-corrected chi connectivity index (χ3v) is 6.99. The number of carbonyl (C=O) groups is 1. The summed E-state index contributed by atoms with van der Waals surface area (Å²) in [7, 11) is 3.61. The molecule has 2 heterocycles. The molecule has 2 N–H and O–H groups in total. The lowest BCUT2D eigenvalue weighted by Crippen LogP contribution is -2.45. The number of benzene rings is 2. The van der Waals surface area contributed by atoms with Gasteiger partial charge in [0.1, 0.15) is 5.75 Å². The molecule has 1 amide bonds. The third kappa shape index (κ3) is 3.50. The number of fused-ring (bicyclic) bond motifs is 1. The molecule has 0 bridgehead atoms. The van der Waals surface area contributed by atoms with E-state index >= 15 is 0 Å². The zero-order chi connectivity index (χ0) is 20.7. The van der Waals surface area contributed by atoms with E-state index in [2.05, 4.69) is 53.1 Å². The Labute approximate surface area is 178 Å². The second kappa shape index (κ2) is 8.05. The Balaban J connectivity index is 1.39. The number of nitrogens with zero attached hydrogens (tertiary/aromatic N) is 1. The number of hydrogen-bond acceptors (Lipinski definition) is 4. The molecule has 3 unspecified atom stereocenters. The van der Waals surface area contributed by atoms with E-state index in [0.717, 1.165) is 49.4 Å². The predicted octanol–water partition coefficient (Wildman–Crippen LogP) is 3.75. The Hall–Kier alpha value is -2.37. The molecule has 5 nitrogen and oxygen atoms in total. The van der Waals surface area contributed by atoms with Crippen molar-refractivity contribution in [2.75, 3.05) is 25.6 Å². The summed E-state index contributed by atoms with van der Waals surface area (Å²) in [5.41, 5.74) is 4.67. The van der Waals surface area contributed by atoms with Crippen LogP contribution in [0.15, 0.2) is 42.5 Å². The normalized spacial score (nSPS) is 26.0. The highest BCUT2D eigenvalue weighted by Gasteiger charge is 2.45. The van der Waals surface area contributed by atoms with Crippen molar-refractivity contribution >= 4 is 11.6 Å². The van der Waals surface area contributed by atoms with E-state index in [4.69, 9.17) is 4.74 Å². The molecule has 158 valence electrons. The smallest absolute Gasteiger partial charge is 0.234 e. The number of likely N-dealkylation sites (N-methyl/N-ethyl adjacent to an activating group) is 1. The number of ether oxygens (including phenoxy) is 1. The number of rotatable bonds is 6. The SMILES string of the molecule is COc1cc2c(cc1CNC1CCCNC1c1ccccc1)C(C1CC1)C(=O)N2C. The summed E-state index contributed by atoms with van der Waals surface area (Å²) in [6, 6.07) is 15.6. The van der Waals surface area contributed by atoms with Crippen molar-refractivity contribution in [2.24, 2.45) is 5.92 Å². The van der Waals surface area contributed by atoms with Gasteiger partial charge in [-0.15, -0.1) is 0 Å². The molecular weight excluding hydrogens is 374 g/mol. The van der Waals surface area contributed by atoms with Gasteiger partial charge in [0.2, 0.25) is 5.91 Å². The van der Waals surface area contributed by atoms with Gasteiger partial charge in [0.15, 0.2) is 0 Å². The molecule has 1 saturated heterocycles. The first-order chi connectivity index (χ1) is 14.7. The van der Waals surface area contributed by atoms with Crippen LogP contribution in [-0.4, -0.2) is 32.7 Å². The topological polar surface area (TPSA) is 53.6 Å². The van der Waals surface area contributed by atoms with Crippen molar-refractivity contribution in [3.05, 3.63) is 59.2 Å². The Morgan fingerprint density at radius 1 is 1.17 bits per heavy atom. The van der Waals surface area contributed by atoms with Crippen LogP contribution in [0.2, 0.25) is 0 Å². The van der Waals surface area contributed by atoms with Crippen LogP contribution in [0, 0.1) is 5.92 Å². The van der Waals surface area contributed by atoms with E-state index in [-0.39, 0.29) is 11.8 Å². The second-order valence-electron chi connectivity index (χ2n) is 8.91. The van der Waals surface area contributed by atoms with Crippen molar-refractivity contribution in [3.8, 4) is 5.75 Å². The van der Waals surface area contributed by atoms with Gasteiger partial charge in [0.25, 0.3) is 0 Å². The Bertz CT molecular complexity index is 925. The van der Waals surface area contributed by atoms with Gasteiger partial charge in [-0.25, -0.2) is 0 Å². The van der Waals surface area contributed by atoms with Gasteiger partial charge < -0.3 is 20.3 Å². The van der Waals surface area contributed by atoms with E-state index in [1.165, 1.54) is 17.5 Å². The van der Waals surface area contributed by atoms with Crippen molar-refractivity contribution in [3.63, 3.8) is 0 Å². The van der Waals surface area contributed by atoms with Crippen LogP contribution >= 0.6 is 0 Å². The maximum Gasteiger partial charge on any atom is 0.234 e. The monoisotopic (exact) mass is 405 g/mol. The standard InChI is InChI=1S/C25H31N3O2/c1-28-21-14-22(30-2)18(13-19(21)23(25(28)29)16-10-11-16)15-27-20-9-6-12-26-24(20)17-7-4-3-5-8-17/h3-5,7-8,13-14,16,20,23-24,26-27H,6,9-12,15H2,1-2H3. The molecule has 30 heavy (non-hydrogen) atoms. The van der Waals surface area contributed by atoms with Crippen LogP contribution in [0.5, 0.6) is 5.75 Å². The maximum absolute atomic E-state index is 12.8. The lowest BCUT2D eigenvalue weighted by atomic mass is 9.91. The van der Waals surface area contributed by atoms with Crippen molar-refractivity contribution < 1.29 is 9.53 Å². The van der Waals surface area contributed by atoms with Crippen LogP contribution in [-0.2, 0) is 11.3 Å². The lowest BCUT2D eigenvalue weighted by molar-refractivity contribution is -0.119. The number of amides is 1. The molecule has 0 radical (unpaired) electrons. The van der Waals surface area contributed by atoms with E-state index in [1.807, 2.05) is 11.9 Å². The van der Waals surface area contributed by atoms with Crippen LogP contribution in [0.1, 0.15) is 54.3 Å². The van der Waals surface area contributed by atoms with E-state index in [9.17, 15) is 4.79 Å². The fourth-order valence-corrected chi connectivity index (χ4v) is 5.21. The Kier molecular flexibility index (Phi) is 5.25. The second-order valence-corrected chi connectivity index (χ2v) is 8.91. The summed E-state index contributed by atoms with van der Waals surface area (Å²) < 4.78 is 5.72. The number of methoxy groups -OCH3 is 1. The first kappa shape index (κ1) is 19.6. The first-order valence-corrected chi connectivity index (χ1v) is 11.2. The molecule has 3 atom stereocenters. The first-order valence-electron chi connectivity index (χ1n) is 11.2. The summed E-state index contributed by atoms with van der Waals surface area (Å²) in [5.74, 6) is 1.64. The van der Waals surface area contributed by atoms with Crippen molar-refractivity contribution in [2.45, 2.75) is 50.2 Å². The minimum absolute atomic E-state index is 0.0306. The molecule has 2 aromatic carbocycles. The molecule has 2 fully saturated rings. The molecule has 1 aliphatic carbocycles. The molecule has 2 aromatic rings. The minimum Gasteiger partial charge on any atom is -0.496 e. The quantitative estimate of drug-likeness (QED) is 0.769. The average Bonchev–Trinajstić information content (AvgIpc) is 3.59. The highest BCUT2D eigenvalue weighted by molar-refractivity contribution is 6.05. The number of carbonyl (C=O) groups excluding carboxylic acids is 1. The van der Waals surface area contributed by atoms with Crippen molar-refractivity contribution in [1.29, 1.82) is 0 Å². The van der Waals surface area contributed by atoms with Gasteiger partial charge in [-0.05, 0) is 55.3 Å². The highest BCUT2D eigenvalue weighted by atomic mass is 16.5. The van der Waals surface area contributed by atoms with Gasteiger partial charge in [-0.3, -0.25) is 4.79 Å². The van der Waals surface area contributed by atoms with Gasteiger partial charge in [-0.2, -0.15) is 0 Å². The van der Waals surface area contributed by atoms with Crippen molar-refractivity contribution in [1.82, 2.24) is 10.6 Å². The van der Waals surface area contributed by atoms with E-state index < -0.39 is 0 Å². The van der Waals surface area contributed by atoms with Crippen LogP contribution in [0.3, 0.4) is 0 Å². The molecule has 2 aliphatic heterocycles. The molecule has 0 spiro atoms. The van der Waals surface area contributed by atoms with E-state index in [1.54, 1.807) is 7.11 Å². The fraction of sp³-hybridized carbons (Fsp3) is 0.480. The number of hydrogen-bond donors (Lipinski definition) is 2. The fourth-order valence-electron chi connectivity index (χ4n) is 5.21. The zero-order valence-corrected chi connectivity index (χ0v) is 17.9. The summed E-state index contributed by atoms with van der Waals surface area (Å²) in [4.78, 5) is 14.6. The molecule has 1 saturated carbocycles. The van der Waals surface area contributed by atoms with Crippen LogP contribution < -0.4 is 20.3 Å². The number of nitrogens with one attached hydrogen (secondary N) is 2. The molecular formula is C25H31N3O2. The summed E-state index contributed by atoms with van der Waals surface area (Å²) in [6.07, 6.45) is 4.64. The molecule has 3 aliphatic rings. The number of piperidine rings is 1. The van der Waals surface area contributed by atoms with Gasteiger partial charge in [0.05, 0.1) is 18.7 Å². The minimum atomic E-state index is 0.0306. The summed E-state index contributed by atoms with van der Waals surface area (Å²) >= 11 is 0. The third-order valence-electron chi connectivity index (χ3n) is 6.99. The average molecular weight is 406 g/mol. The molecule has 0 aromatic heterocycles. The van der Waals surface area contributed by atoms with Gasteiger partial charge >= 0.3 is 0 Å². The van der Waals surface area contributed by atoms with Crippen LogP contribution in [0.25, 0.3) is 0 Å². The predicted molar refractivity (Wildman–Crippen MR) is 119 cm³/mol. The largest absolute Gasteiger partial charge is 0.496 e. The van der Waals surface area contributed by atoms with E-state index in [0.29, 0.717) is 18.0 Å². The number of anilines is 1. The summed E-state index contributed by atoms with van der Waals surface area (Å²) in [6.45, 7) is 1.79. The Morgan fingerprint density at radius 2 is 1.97 bits per heavy atom. The maximum atomic E-state index is 12.8. The highest BCUT2D eigenvalue weighted by Crippen LogP contribution is 2.51. The van der Waals surface area contributed by atoms with Crippen LogP contribution in [0.4, 0.5) is 5.69 Å². The zero-order valence-electron chi connectivity index (χ0n) is 17.9. The van der Waals surface area contributed by atoms with Gasteiger partial charge in [0, 0.05) is 37.3 Å². The Morgan fingerprint density at radius 3 is 2.70 bits per heavy atom. The molecule has 5 rings (SSSR count).